The van der Waals surface area contributed by atoms with Gasteiger partial charge in [0, 0.05) is 7.11 Å². The molecule has 0 unspecified atom stereocenters. The lowest BCUT2D eigenvalue weighted by Crippen LogP contribution is -2.40. The molecule has 0 heterocycles. The summed E-state index contributed by atoms with van der Waals surface area (Å²) in [4.78, 5) is 21.3. The zero-order chi connectivity index (χ0) is 11.0. The number of carbonyl (C=O) groups excluding carboxylic acids is 1. The Bertz CT molecular complexity index is 194. The van der Waals surface area contributed by atoms with Crippen molar-refractivity contribution in [3.8, 4) is 0 Å². The van der Waals surface area contributed by atoms with Crippen LogP contribution in [-0.2, 0) is 19.1 Å². The lowest BCUT2D eigenvalue weighted by atomic mass is 10.3. The van der Waals surface area contributed by atoms with E-state index in [2.05, 4.69) is 5.32 Å². The highest BCUT2D eigenvalue weighted by atomic mass is 16.5. The van der Waals surface area contributed by atoms with Gasteiger partial charge in [-0.3, -0.25) is 9.59 Å². The van der Waals surface area contributed by atoms with E-state index in [1.807, 2.05) is 0 Å². The number of nitrogens with one attached hydrogen (secondary N) is 1. The molecule has 6 nitrogen and oxygen atoms in total. The molecule has 1 amide bonds. The zero-order valence-corrected chi connectivity index (χ0v) is 8.28. The molecule has 2 N–H and O–H groups in total. The molecule has 0 aromatic rings. The summed E-state index contributed by atoms with van der Waals surface area (Å²) < 4.78 is 9.58. The molecular weight excluding hydrogens is 190 g/mol. The van der Waals surface area contributed by atoms with Gasteiger partial charge in [-0.2, -0.15) is 0 Å². The Morgan fingerprint density at radius 1 is 1.43 bits per heavy atom. The summed E-state index contributed by atoms with van der Waals surface area (Å²) in [7, 11) is 1.52. The predicted octanol–water partition coefficient (Wildman–Crippen LogP) is -0.761. The Morgan fingerprint density at radius 2 is 2.07 bits per heavy atom. The van der Waals surface area contributed by atoms with Crippen molar-refractivity contribution in [2.45, 2.75) is 13.0 Å². The first-order valence-electron chi connectivity index (χ1n) is 4.16. The van der Waals surface area contributed by atoms with E-state index in [9.17, 15) is 9.59 Å². The number of carbonyl (C=O) groups is 2. The number of carboxylic acid groups (broad SMARTS) is 1. The summed E-state index contributed by atoms with van der Waals surface area (Å²) in [5, 5.41) is 10.7. The molecule has 82 valence electrons. The van der Waals surface area contributed by atoms with Crippen LogP contribution in [0.3, 0.4) is 0 Å². The van der Waals surface area contributed by atoms with Crippen LogP contribution in [0.5, 0.6) is 0 Å². The van der Waals surface area contributed by atoms with Crippen molar-refractivity contribution in [1.82, 2.24) is 5.32 Å². The fourth-order valence-corrected chi connectivity index (χ4v) is 0.652. The van der Waals surface area contributed by atoms with E-state index in [1.165, 1.54) is 14.0 Å². The zero-order valence-electron chi connectivity index (χ0n) is 8.28. The normalized spacial score (nSPS) is 12.1. The minimum absolute atomic E-state index is 0.152. The summed E-state index contributed by atoms with van der Waals surface area (Å²) in [6, 6.07) is -0.895. The van der Waals surface area contributed by atoms with E-state index in [0.29, 0.717) is 13.2 Å². The number of hydrogen-bond donors (Lipinski definition) is 2. The Labute approximate surface area is 82.2 Å². The molecule has 0 saturated carbocycles. The maximum absolute atomic E-state index is 11.0. The number of methoxy groups -OCH3 is 1. The summed E-state index contributed by atoms with van der Waals surface area (Å²) in [6.45, 7) is 1.95. The molecule has 0 spiro atoms. The van der Waals surface area contributed by atoms with E-state index >= 15 is 0 Å². The molecule has 14 heavy (non-hydrogen) atoms. The van der Waals surface area contributed by atoms with Gasteiger partial charge >= 0.3 is 5.97 Å². The standard InChI is InChI=1S/C8H15NO5/c1-6(8(11)12)9-7(10)5-14-4-3-13-2/h6H,3-5H2,1-2H3,(H,9,10)(H,11,12)/t6-/m1/s1. The van der Waals surface area contributed by atoms with E-state index in [4.69, 9.17) is 14.6 Å². The Morgan fingerprint density at radius 3 is 2.57 bits per heavy atom. The van der Waals surface area contributed by atoms with Crippen molar-refractivity contribution in [3.05, 3.63) is 0 Å². The third kappa shape index (κ3) is 6.38. The average molecular weight is 205 g/mol. The van der Waals surface area contributed by atoms with Crippen molar-refractivity contribution in [2.24, 2.45) is 0 Å². The van der Waals surface area contributed by atoms with Crippen LogP contribution in [0.25, 0.3) is 0 Å². The Balaban J connectivity index is 3.50. The van der Waals surface area contributed by atoms with Crippen LogP contribution < -0.4 is 5.32 Å². The average Bonchev–Trinajstić information content (AvgIpc) is 2.12. The van der Waals surface area contributed by atoms with Crippen LogP contribution in [0, 0.1) is 0 Å². The van der Waals surface area contributed by atoms with Crippen LogP contribution in [0.1, 0.15) is 6.92 Å². The summed E-state index contributed by atoms with van der Waals surface area (Å²) in [5.74, 6) is -1.52. The topological polar surface area (TPSA) is 84.9 Å². The van der Waals surface area contributed by atoms with Gasteiger partial charge in [-0.25, -0.2) is 0 Å². The summed E-state index contributed by atoms with van der Waals surface area (Å²) in [6.07, 6.45) is 0. The molecule has 1 atom stereocenters. The quantitative estimate of drug-likeness (QED) is 0.533. The second kappa shape index (κ2) is 7.28. The largest absolute Gasteiger partial charge is 0.480 e. The number of hydrogen-bond acceptors (Lipinski definition) is 4. The Hall–Kier alpha value is -1.14. The van der Waals surface area contributed by atoms with E-state index in [1.54, 1.807) is 0 Å². The van der Waals surface area contributed by atoms with Crippen molar-refractivity contribution >= 4 is 11.9 Å². The van der Waals surface area contributed by atoms with Crippen LogP contribution in [0.4, 0.5) is 0 Å². The van der Waals surface area contributed by atoms with Gasteiger partial charge in [-0.05, 0) is 6.92 Å². The van der Waals surface area contributed by atoms with Gasteiger partial charge in [0.1, 0.15) is 12.6 Å². The molecule has 0 aliphatic rings. The number of carboxylic acids is 1. The Kier molecular flexibility index (Phi) is 6.69. The van der Waals surface area contributed by atoms with Crippen molar-refractivity contribution in [2.75, 3.05) is 26.9 Å². The lowest BCUT2D eigenvalue weighted by Gasteiger charge is -2.09. The van der Waals surface area contributed by atoms with Crippen molar-refractivity contribution in [3.63, 3.8) is 0 Å². The molecular formula is C8H15NO5. The third-order valence-corrected chi connectivity index (χ3v) is 1.41. The van der Waals surface area contributed by atoms with Gasteiger partial charge in [-0.1, -0.05) is 0 Å². The molecule has 0 aliphatic heterocycles. The maximum atomic E-state index is 11.0. The van der Waals surface area contributed by atoms with Crippen LogP contribution in [0.15, 0.2) is 0 Å². The first kappa shape index (κ1) is 12.9. The lowest BCUT2D eigenvalue weighted by molar-refractivity contribution is -0.142. The van der Waals surface area contributed by atoms with Crippen LogP contribution in [0.2, 0.25) is 0 Å². The first-order chi connectivity index (χ1) is 6.57. The molecule has 6 heteroatoms. The molecule has 0 rings (SSSR count). The van der Waals surface area contributed by atoms with Crippen molar-refractivity contribution in [1.29, 1.82) is 0 Å². The second-order valence-electron chi connectivity index (χ2n) is 2.67. The smallest absolute Gasteiger partial charge is 0.325 e. The fourth-order valence-electron chi connectivity index (χ4n) is 0.652. The second-order valence-corrected chi connectivity index (χ2v) is 2.67. The fraction of sp³-hybridized carbons (Fsp3) is 0.750. The van der Waals surface area contributed by atoms with E-state index in [0.717, 1.165) is 0 Å². The summed E-state index contributed by atoms with van der Waals surface area (Å²) >= 11 is 0. The molecule has 0 fully saturated rings. The predicted molar refractivity (Wildman–Crippen MR) is 47.9 cm³/mol. The third-order valence-electron chi connectivity index (χ3n) is 1.41. The maximum Gasteiger partial charge on any atom is 0.325 e. The van der Waals surface area contributed by atoms with Gasteiger partial charge in [-0.15, -0.1) is 0 Å². The van der Waals surface area contributed by atoms with Gasteiger partial charge in [0.25, 0.3) is 0 Å². The van der Waals surface area contributed by atoms with Gasteiger partial charge < -0.3 is 19.9 Å². The highest BCUT2D eigenvalue weighted by molar-refractivity contribution is 5.83. The highest BCUT2D eigenvalue weighted by Gasteiger charge is 2.13. The van der Waals surface area contributed by atoms with Crippen LogP contribution >= 0.6 is 0 Å². The molecule has 0 aliphatic carbocycles. The summed E-state index contributed by atoms with van der Waals surface area (Å²) in [5.41, 5.74) is 0. The number of rotatable bonds is 7. The monoisotopic (exact) mass is 205 g/mol. The van der Waals surface area contributed by atoms with E-state index in [-0.39, 0.29) is 6.61 Å². The SMILES string of the molecule is COCCOCC(=O)N[C@H](C)C(=O)O. The van der Waals surface area contributed by atoms with Gasteiger partial charge in [0.15, 0.2) is 0 Å². The van der Waals surface area contributed by atoms with Gasteiger partial charge in [0.05, 0.1) is 13.2 Å². The molecule has 0 bridgehead atoms. The molecule has 0 aromatic heterocycles. The molecule has 0 radical (unpaired) electrons. The molecule has 0 saturated heterocycles. The number of amides is 1. The number of ether oxygens (including phenoxy) is 2. The minimum atomic E-state index is -1.07. The van der Waals surface area contributed by atoms with Crippen molar-refractivity contribution < 1.29 is 24.2 Å². The molecule has 0 aromatic carbocycles. The van der Waals surface area contributed by atoms with Gasteiger partial charge in [0.2, 0.25) is 5.91 Å². The number of aliphatic carboxylic acids is 1. The van der Waals surface area contributed by atoms with Crippen LogP contribution in [-0.4, -0.2) is 50.0 Å². The first-order valence-corrected chi connectivity index (χ1v) is 4.16. The minimum Gasteiger partial charge on any atom is -0.480 e. The van der Waals surface area contributed by atoms with E-state index < -0.39 is 17.9 Å². The highest BCUT2D eigenvalue weighted by Crippen LogP contribution is 1.82.